The first-order chi connectivity index (χ1) is 15.4. The fourth-order valence-corrected chi connectivity index (χ4v) is 6.17. The van der Waals surface area contributed by atoms with E-state index in [1.807, 2.05) is 6.92 Å². The highest BCUT2D eigenvalue weighted by Gasteiger charge is 2.22. The number of nitrogens with zero attached hydrogens (tertiary/aromatic N) is 2. The van der Waals surface area contributed by atoms with Crippen molar-refractivity contribution in [3.8, 4) is 0 Å². The Morgan fingerprint density at radius 2 is 2.09 bits per heavy atom. The number of amides is 1. The number of fused-ring (bicyclic) bond motifs is 3. The molecule has 0 atom stereocenters. The molecule has 2 heterocycles. The fraction of sp³-hybridized carbons (Fsp3) is 0.364. The summed E-state index contributed by atoms with van der Waals surface area (Å²) in [4.78, 5) is 44.3. The van der Waals surface area contributed by atoms with Gasteiger partial charge in [0, 0.05) is 17.1 Å². The Hall–Kier alpha value is -2.36. The number of anilines is 1. The van der Waals surface area contributed by atoms with E-state index < -0.39 is 5.97 Å². The molecule has 0 saturated heterocycles. The number of carbonyl (C=O) groups excluding carboxylic acids is 2. The number of esters is 1. The van der Waals surface area contributed by atoms with Crippen molar-refractivity contribution in [3.63, 3.8) is 0 Å². The molecule has 1 aromatic carbocycles. The number of nitrogens with one attached hydrogen (secondary N) is 1. The Bertz CT molecular complexity index is 1270. The van der Waals surface area contributed by atoms with Crippen LogP contribution in [0.25, 0.3) is 10.2 Å². The van der Waals surface area contributed by atoms with Crippen LogP contribution >= 0.6 is 34.7 Å². The number of carbonyl (C=O) groups is 2. The monoisotopic (exact) mass is 491 g/mol. The molecule has 1 amide bonds. The van der Waals surface area contributed by atoms with Crippen LogP contribution in [0.2, 0.25) is 5.02 Å². The Balaban J connectivity index is 1.53. The summed E-state index contributed by atoms with van der Waals surface area (Å²) >= 11 is 8.84. The highest BCUT2D eigenvalue weighted by molar-refractivity contribution is 7.99. The molecule has 4 rings (SSSR count). The van der Waals surface area contributed by atoms with E-state index in [2.05, 4.69) is 5.32 Å². The number of halogens is 1. The van der Waals surface area contributed by atoms with Gasteiger partial charge in [-0.1, -0.05) is 23.4 Å². The van der Waals surface area contributed by atoms with Gasteiger partial charge >= 0.3 is 5.97 Å². The van der Waals surface area contributed by atoms with Crippen molar-refractivity contribution in [1.82, 2.24) is 9.55 Å². The normalized spacial score (nSPS) is 13.1. The average molecular weight is 492 g/mol. The Morgan fingerprint density at radius 1 is 1.31 bits per heavy atom. The van der Waals surface area contributed by atoms with Crippen LogP contribution in [-0.2, 0) is 28.9 Å². The minimum absolute atomic E-state index is 0.0276. The number of thiophene rings is 1. The summed E-state index contributed by atoms with van der Waals surface area (Å²) in [7, 11) is 1.27. The van der Waals surface area contributed by atoms with Crippen LogP contribution in [0.4, 0.5) is 5.69 Å². The Labute approximate surface area is 198 Å². The first kappa shape index (κ1) is 22.8. The Kier molecular flexibility index (Phi) is 6.88. The van der Waals surface area contributed by atoms with Gasteiger partial charge in [-0.25, -0.2) is 9.78 Å². The van der Waals surface area contributed by atoms with Crippen molar-refractivity contribution in [2.24, 2.45) is 0 Å². The molecule has 0 fully saturated rings. The molecule has 1 aliphatic rings. The summed E-state index contributed by atoms with van der Waals surface area (Å²) < 4.78 is 6.34. The molecular weight excluding hydrogens is 470 g/mol. The van der Waals surface area contributed by atoms with Gasteiger partial charge in [0.25, 0.3) is 5.56 Å². The van der Waals surface area contributed by atoms with Crippen molar-refractivity contribution < 1.29 is 14.3 Å². The van der Waals surface area contributed by atoms with Gasteiger partial charge in [-0.05, 0) is 56.4 Å². The first-order valence-electron chi connectivity index (χ1n) is 10.3. The van der Waals surface area contributed by atoms with E-state index in [0.29, 0.717) is 17.4 Å². The predicted octanol–water partition coefficient (Wildman–Crippen LogP) is 4.53. The van der Waals surface area contributed by atoms with E-state index in [4.69, 9.17) is 21.3 Å². The zero-order valence-corrected chi connectivity index (χ0v) is 20.1. The minimum Gasteiger partial charge on any atom is -0.465 e. The van der Waals surface area contributed by atoms with E-state index in [1.165, 1.54) is 35.9 Å². The molecule has 0 bridgehead atoms. The lowest BCUT2D eigenvalue weighted by Crippen LogP contribution is -2.24. The van der Waals surface area contributed by atoms with E-state index in [0.717, 1.165) is 41.5 Å². The van der Waals surface area contributed by atoms with Crippen LogP contribution in [0.5, 0.6) is 0 Å². The van der Waals surface area contributed by atoms with Crippen LogP contribution in [0.1, 0.15) is 40.6 Å². The summed E-state index contributed by atoms with van der Waals surface area (Å²) in [5, 5.41) is 4.27. The quantitative estimate of drug-likeness (QED) is 0.309. The van der Waals surface area contributed by atoms with Gasteiger partial charge in [-0.3, -0.25) is 14.2 Å². The largest absolute Gasteiger partial charge is 0.465 e. The number of methoxy groups -OCH3 is 1. The lowest BCUT2D eigenvalue weighted by atomic mass is 9.97. The highest BCUT2D eigenvalue weighted by atomic mass is 35.5. The van der Waals surface area contributed by atoms with Gasteiger partial charge in [0.05, 0.1) is 28.8 Å². The molecule has 32 heavy (non-hydrogen) atoms. The number of thioether (sulfide) groups is 1. The van der Waals surface area contributed by atoms with Crippen LogP contribution < -0.4 is 10.9 Å². The number of aryl methyl sites for hydroxylation is 2. The molecule has 168 valence electrons. The van der Waals surface area contributed by atoms with Gasteiger partial charge < -0.3 is 10.1 Å². The molecule has 7 nitrogen and oxygen atoms in total. The number of rotatable bonds is 6. The van der Waals surface area contributed by atoms with Crippen LogP contribution in [0.3, 0.4) is 0 Å². The molecule has 10 heteroatoms. The second-order valence-electron chi connectivity index (χ2n) is 7.36. The number of aromatic nitrogens is 2. The smallest absolute Gasteiger partial charge is 0.339 e. The second kappa shape index (κ2) is 9.64. The summed E-state index contributed by atoms with van der Waals surface area (Å²) in [5.41, 5.74) is 1.74. The van der Waals surface area contributed by atoms with Gasteiger partial charge in [-0.15, -0.1) is 11.3 Å². The molecule has 0 radical (unpaired) electrons. The maximum Gasteiger partial charge on any atom is 0.339 e. The topological polar surface area (TPSA) is 90.3 Å². The molecule has 0 aliphatic heterocycles. The van der Waals surface area contributed by atoms with E-state index in [9.17, 15) is 14.4 Å². The van der Waals surface area contributed by atoms with Crippen molar-refractivity contribution in [1.29, 1.82) is 0 Å². The fourth-order valence-electron chi connectivity index (χ4n) is 3.81. The third-order valence-corrected chi connectivity index (χ3v) is 7.84. The van der Waals surface area contributed by atoms with Crippen molar-refractivity contribution in [3.05, 3.63) is 49.6 Å². The Morgan fingerprint density at radius 3 is 2.84 bits per heavy atom. The van der Waals surface area contributed by atoms with Crippen molar-refractivity contribution in [2.45, 2.75) is 44.3 Å². The zero-order valence-electron chi connectivity index (χ0n) is 17.7. The van der Waals surface area contributed by atoms with Crippen LogP contribution in [0, 0.1) is 0 Å². The SMILES string of the molecule is CCn1c(SCC(=O)Nc2ccc(Cl)c(C(=O)OC)c2)nc2sc3c(c2c1=O)CCCC3. The maximum absolute atomic E-state index is 13.2. The number of ether oxygens (including phenoxy) is 1. The summed E-state index contributed by atoms with van der Waals surface area (Å²) in [6.07, 6.45) is 4.18. The standard InChI is InChI=1S/C22H22ClN3O4S2/c1-3-26-20(28)18-13-6-4-5-7-16(13)32-19(18)25-22(26)31-11-17(27)24-12-8-9-15(23)14(10-12)21(29)30-2/h8-10H,3-7,11H2,1-2H3,(H,24,27). The van der Waals surface area contributed by atoms with E-state index in [1.54, 1.807) is 22.0 Å². The van der Waals surface area contributed by atoms with Gasteiger partial charge in [0.1, 0.15) is 4.83 Å². The molecule has 1 N–H and O–H groups in total. The molecule has 3 aromatic rings. The lowest BCUT2D eigenvalue weighted by Gasteiger charge is -2.12. The average Bonchev–Trinajstić information content (AvgIpc) is 3.17. The van der Waals surface area contributed by atoms with E-state index in [-0.39, 0.29) is 27.8 Å². The van der Waals surface area contributed by atoms with Gasteiger partial charge in [0.2, 0.25) is 5.91 Å². The van der Waals surface area contributed by atoms with Crippen LogP contribution in [-0.4, -0.2) is 34.3 Å². The predicted molar refractivity (Wildman–Crippen MR) is 128 cm³/mol. The zero-order chi connectivity index (χ0) is 22.8. The summed E-state index contributed by atoms with van der Waals surface area (Å²) in [5.74, 6) is -0.793. The molecule has 2 aromatic heterocycles. The molecule has 0 spiro atoms. The van der Waals surface area contributed by atoms with Crippen molar-refractivity contribution in [2.75, 3.05) is 18.2 Å². The van der Waals surface area contributed by atoms with Crippen LogP contribution in [0.15, 0.2) is 28.2 Å². The van der Waals surface area contributed by atoms with Crippen molar-refractivity contribution >= 4 is 62.5 Å². The molecule has 0 unspecified atom stereocenters. The third-order valence-electron chi connectivity index (χ3n) is 5.34. The maximum atomic E-state index is 13.2. The summed E-state index contributed by atoms with van der Waals surface area (Å²) in [6.45, 7) is 2.38. The third kappa shape index (κ3) is 4.42. The summed E-state index contributed by atoms with van der Waals surface area (Å²) in [6, 6.07) is 4.61. The van der Waals surface area contributed by atoms with E-state index >= 15 is 0 Å². The number of benzene rings is 1. The molecule has 0 saturated carbocycles. The molecular formula is C22H22ClN3O4S2. The van der Waals surface area contributed by atoms with Gasteiger partial charge in [0.15, 0.2) is 5.16 Å². The molecule has 1 aliphatic carbocycles. The van der Waals surface area contributed by atoms with Gasteiger partial charge in [-0.2, -0.15) is 0 Å². The number of hydrogen-bond acceptors (Lipinski definition) is 7. The second-order valence-corrected chi connectivity index (χ2v) is 9.79. The number of hydrogen-bond donors (Lipinski definition) is 1. The highest BCUT2D eigenvalue weighted by Crippen LogP contribution is 2.34. The minimum atomic E-state index is -0.580. The lowest BCUT2D eigenvalue weighted by molar-refractivity contribution is -0.113. The first-order valence-corrected chi connectivity index (χ1v) is 12.5.